The summed E-state index contributed by atoms with van der Waals surface area (Å²) in [7, 11) is 0. The molecule has 8 heavy (non-hydrogen) atoms. The standard InChI is InChI=1S/C7H7O/c8-6-7-4-2-1-3-5-7/h1-7H. The Balaban J connectivity index is 2.51. The van der Waals surface area contributed by atoms with Crippen molar-refractivity contribution in [3.8, 4) is 0 Å². The Morgan fingerprint density at radius 2 is 2.12 bits per heavy atom. The molecule has 0 fully saturated rings. The van der Waals surface area contributed by atoms with Crippen molar-refractivity contribution >= 4 is 6.29 Å². The van der Waals surface area contributed by atoms with Crippen molar-refractivity contribution in [2.24, 2.45) is 5.92 Å². The van der Waals surface area contributed by atoms with Crippen molar-refractivity contribution < 1.29 is 4.79 Å². The third-order valence-corrected chi connectivity index (χ3v) is 1.05. The molecule has 41 valence electrons. The Hall–Kier alpha value is -0.850. The number of hydrogen-bond acceptors (Lipinski definition) is 1. The van der Waals surface area contributed by atoms with E-state index in [2.05, 4.69) is 0 Å². The Labute approximate surface area is 48.7 Å². The van der Waals surface area contributed by atoms with E-state index in [0.717, 1.165) is 6.29 Å². The highest BCUT2D eigenvalue weighted by Gasteiger charge is 2.00. The van der Waals surface area contributed by atoms with Gasteiger partial charge in [0.1, 0.15) is 6.29 Å². The van der Waals surface area contributed by atoms with Gasteiger partial charge >= 0.3 is 0 Å². The SMILES string of the molecule is O=CC1[CH]C=CC=C1. The van der Waals surface area contributed by atoms with Crippen molar-refractivity contribution in [2.75, 3.05) is 0 Å². The van der Waals surface area contributed by atoms with Crippen molar-refractivity contribution in [3.05, 3.63) is 30.7 Å². The van der Waals surface area contributed by atoms with Gasteiger partial charge in [0.2, 0.25) is 0 Å². The highest BCUT2D eigenvalue weighted by Crippen LogP contribution is 2.05. The zero-order chi connectivity index (χ0) is 5.82. The molecule has 0 saturated carbocycles. The molecular weight excluding hydrogens is 100 g/mol. The lowest BCUT2D eigenvalue weighted by Crippen LogP contribution is -1.97. The molecule has 0 N–H and O–H groups in total. The topological polar surface area (TPSA) is 17.1 Å². The molecule has 0 heterocycles. The summed E-state index contributed by atoms with van der Waals surface area (Å²) < 4.78 is 0. The Morgan fingerprint density at radius 1 is 1.25 bits per heavy atom. The van der Waals surface area contributed by atoms with Gasteiger partial charge < -0.3 is 4.79 Å². The molecule has 1 radical (unpaired) electrons. The maximum absolute atomic E-state index is 10.0. The lowest BCUT2D eigenvalue weighted by Gasteiger charge is -2.00. The minimum Gasteiger partial charge on any atom is -0.303 e. The monoisotopic (exact) mass is 107 g/mol. The van der Waals surface area contributed by atoms with Crippen molar-refractivity contribution in [2.45, 2.75) is 0 Å². The molecule has 1 aliphatic rings. The second-order valence-corrected chi connectivity index (χ2v) is 1.68. The molecule has 1 unspecified atom stereocenters. The van der Waals surface area contributed by atoms with Crippen LogP contribution in [0.25, 0.3) is 0 Å². The highest BCUT2D eigenvalue weighted by molar-refractivity contribution is 5.60. The molecule has 0 aliphatic heterocycles. The van der Waals surface area contributed by atoms with Crippen LogP contribution in [0.15, 0.2) is 24.3 Å². The van der Waals surface area contributed by atoms with E-state index in [4.69, 9.17) is 0 Å². The van der Waals surface area contributed by atoms with Crippen LogP contribution in [0.1, 0.15) is 0 Å². The normalized spacial score (nSPS) is 25.8. The van der Waals surface area contributed by atoms with Crippen LogP contribution in [0.5, 0.6) is 0 Å². The van der Waals surface area contributed by atoms with E-state index in [-0.39, 0.29) is 5.92 Å². The fraction of sp³-hybridized carbons (Fsp3) is 0.143. The zero-order valence-corrected chi connectivity index (χ0v) is 4.45. The summed E-state index contributed by atoms with van der Waals surface area (Å²) in [6.45, 7) is 0. The van der Waals surface area contributed by atoms with Gasteiger partial charge in [-0.3, -0.25) is 0 Å². The molecule has 0 aromatic rings. The van der Waals surface area contributed by atoms with Gasteiger partial charge in [-0.2, -0.15) is 0 Å². The number of aldehydes is 1. The third-order valence-electron chi connectivity index (χ3n) is 1.05. The summed E-state index contributed by atoms with van der Waals surface area (Å²) in [6, 6.07) is 0. The smallest absolute Gasteiger partial charge is 0.127 e. The Morgan fingerprint density at radius 3 is 2.50 bits per heavy atom. The second kappa shape index (κ2) is 2.46. The maximum atomic E-state index is 10.0. The van der Waals surface area contributed by atoms with Crippen LogP contribution in [0, 0.1) is 12.3 Å². The van der Waals surface area contributed by atoms with E-state index in [1.807, 2.05) is 30.7 Å². The van der Waals surface area contributed by atoms with Crippen LogP contribution < -0.4 is 0 Å². The van der Waals surface area contributed by atoms with Gasteiger partial charge in [-0.1, -0.05) is 24.3 Å². The number of rotatable bonds is 1. The quantitative estimate of drug-likeness (QED) is 0.459. The summed E-state index contributed by atoms with van der Waals surface area (Å²) in [5, 5.41) is 0. The first-order valence-electron chi connectivity index (χ1n) is 2.57. The lowest BCUT2D eigenvalue weighted by atomic mass is 10.0. The minimum absolute atomic E-state index is 0.0139. The number of hydrogen-bond donors (Lipinski definition) is 0. The van der Waals surface area contributed by atoms with Gasteiger partial charge in [0, 0.05) is 5.92 Å². The van der Waals surface area contributed by atoms with Gasteiger partial charge in [0.15, 0.2) is 0 Å². The lowest BCUT2D eigenvalue weighted by molar-refractivity contribution is -0.109. The third kappa shape index (κ3) is 1.06. The van der Waals surface area contributed by atoms with Crippen molar-refractivity contribution in [3.63, 3.8) is 0 Å². The summed E-state index contributed by atoms with van der Waals surface area (Å²) in [5.74, 6) is 0.0139. The molecule has 0 aromatic carbocycles. The fourth-order valence-corrected chi connectivity index (χ4v) is 0.604. The molecule has 0 aromatic heterocycles. The predicted molar refractivity (Wildman–Crippen MR) is 32.1 cm³/mol. The largest absolute Gasteiger partial charge is 0.303 e. The molecule has 1 aliphatic carbocycles. The van der Waals surface area contributed by atoms with Gasteiger partial charge in [-0.15, -0.1) is 0 Å². The molecule has 0 spiro atoms. The zero-order valence-electron chi connectivity index (χ0n) is 4.45. The number of allylic oxidation sites excluding steroid dienone is 4. The first kappa shape index (κ1) is 5.29. The molecule has 0 saturated heterocycles. The van der Waals surface area contributed by atoms with Gasteiger partial charge in [-0.05, 0) is 6.42 Å². The summed E-state index contributed by atoms with van der Waals surface area (Å²) >= 11 is 0. The van der Waals surface area contributed by atoms with E-state index in [9.17, 15) is 4.79 Å². The second-order valence-electron chi connectivity index (χ2n) is 1.68. The summed E-state index contributed by atoms with van der Waals surface area (Å²) in [6.07, 6.45) is 10.3. The summed E-state index contributed by atoms with van der Waals surface area (Å²) in [4.78, 5) is 10.0. The molecule has 1 rings (SSSR count). The first-order valence-corrected chi connectivity index (χ1v) is 2.57. The fourth-order valence-electron chi connectivity index (χ4n) is 0.604. The Kier molecular flexibility index (Phi) is 1.62. The van der Waals surface area contributed by atoms with Crippen LogP contribution in [0.2, 0.25) is 0 Å². The van der Waals surface area contributed by atoms with Crippen molar-refractivity contribution in [1.82, 2.24) is 0 Å². The van der Waals surface area contributed by atoms with E-state index in [1.54, 1.807) is 0 Å². The van der Waals surface area contributed by atoms with Crippen LogP contribution in [0.3, 0.4) is 0 Å². The van der Waals surface area contributed by atoms with E-state index in [1.165, 1.54) is 0 Å². The van der Waals surface area contributed by atoms with Crippen molar-refractivity contribution in [1.29, 1.82) is 0 Å². The Bertz CT molecular complexity index is 133. The molecule has 0 amide bonds. The molecule has 1 nitrogen and oxygen atoms in total. The average molecular weight is 107 g/mol. The van der Waals surface area contributed by atoms with E-state index >= 15 is 0 Å². The summed E-state index contributed by atoms with van der Waals surface area (Å²) in [5.41, 5.74) is 0. The van der Waals surface area contributed by atoms with Crippen LogP contribution in [0.4, 0.5) is 0 Å². The molecule has 0 bridgehead atoms. The van der Waals surface area contributed by atoms with Gasteiger partial charge in [0.05, 0.1) is 0 Å². The van der Waals surface area contributed by atoms with Crippen LogP contribution >= 0.6 is 0 Å². The first-order chi connectivity index (χ1) is 3.93. The highest BCUT2D eigenvalue weighted by atomic mass is 16.1. The average Bonchev–Trinajstić information content (AvgIpc) is 1.90. The predicted octanol–water partition coefficient (Wildman–Crippen LogP) is 1.13. The number of carbonyl (C=O) groups excluding carboxylic acids is 1. The van der Waals surface area contributed by atoms with E-state index in [0.29, 0.717) is 0 Å². The molecular formula is C7H7O. The van der Waals surface area contributed by atoms with Crippen LogP contribution in [-0.2, 0) is 4.79 Å². The maximum Gasteiger partial charge on any atom is 0.127 e. The molecule has 1 atom stereocenters. The van der Waals surface area contributed by atoms with Gasteiger partial charge in [0.25, 0.3) is 0 Å². The minimum atomic E-state index is 0.0139. The molecule has 1 heteroatoms. The van der Waals surface area contributed by atoms with Gasteiger partial charge in [-0.25, -0.2) is 0 Å². The van der Waals surface area contributed by atoms with Crippen LogP contribution in [-0.4, -0.2) is 6.29 Å². The number of carbonyl (C=O) groups is 1. The van der Waals surface area contributed by atoms with E-state index < -0.39 is 0 Å².